The molecular weight excluding hydrogens is 448 g/mol. The zero-order valence-electron chi connectivity index (χ0n) is 24.6. The highest BCUT2D eigenvalue weighted by molar-refractivity contribution is 5.74. The molecule has 0 radical (unpaired) electrons. The summed E-state index contributed by atoms with van der Waals surface area (Å²) in [5.41, 5.74) is -0.559. The number of unbranched alkanes of at least 4 members (excludes halogenated alkanes) is 14. The first-order chi connectivity index (χ1) is 17.2. The molecule has 4 nitrogen and oxygen atoms in total. The van der Waals surface area contributed by atoms with E-state index in [-0.39, 0.29) is 6.42 Å². The number of rotatable bonds is 27. The minimum Gasteiger partial charge on any atom is -0.481 e. The van der Waals surface area contributed by atoms with Crippen LogP contribution >= 0.6 is 0 Å². The average Bonchev–Trinajstić information content (AvgIpc) is 2.80. The molecule has 0 spiro atoms. The lowest BCUT2D eigenvalue weighted by molar-refractivity contribution is -0.151. The van der Waals surface area contributed by atoms with E-state index in [1.165, 1.54) is 64.2 Å². The van der Waals surface area contributed by atoms with Crippen molar-refractivity contribution in [1.29, 1.82) is 0 Å². The lowest BCUT2D eigenvalue weighted by Crippen LogP contribution is -2.31. The topological polar surface area (TPSA) is 74.6 Å². The molecular formula is C32H62O4. The molecule has 0 aromatic heterocycles. The van der Waals surface area contributed by atoms with Crippen LogP contribution < -0.4 is 0 Å². The number of carboxylic acid groups (broad SMARTS) is 2. The Balaban J connectivity index is 4.49. The Morgan fingerprint density at radius 2 is 0.806 bits per heavy atom. The van der Waals surface area contributed by atoms with Crippen molar-refractivity contribution in [3.63, 3.8) is 0 Å². The van der Waals surface area contributed by atoms with E-state index in [1.807, 2.05) is 0 Å². The molecule has 0 heterocycles. The van der Waals surface area contributed by atoms with E-state index in [1.54, 1.807) is 0 Å². The van der Waals surface area contributed by atoms with Gasteiger partial charge in [0.2, 0.25) is 0 Å². The molecule has 0 aromatic rings. The Kier molecular flexibility index (Phi) is 22.4. The molecule has 0 atom stereocenters. The van der Waals surface area contributed by atoms with Gasteiger partial charge in [0.05, 0.1) is 5.41 Å². The first-order valence-corrected chi connectivity index (χ1v) is 15.6. The molecule has 0 saturated carbocycles. The van der Waals surface area contributed by atoms with Gasteiger partial charge in [-0.3, -0.25) is 9.59 Å². The third-order valence-electron chi connectivity index (χ3n) is 7.87. The first kappa shape index (κ1) is 34.9. The van der Waals surface area contributed by atoms with Gasteiger partial charge < -0.3 is 10.2 Å². The Morgan fingerprint density at radius 3 is 1.11 bits per heavy atom. The van der Waals surface area contributed by atoms with E-state index in [2.05, 4.69) is 27.7 Å². The maximum Gasteiger partial charge on any atom is 0.309 e. The minimum atomic E-state index is -0.722. The second kappa shape index (κ2) is 23.1. The molecule has 0 amide bonds. The van der Waals surface area contributed by atoms with E-state index < -0.39 is 17.4 Å². The van der Waals surface area contributed by atoms with Crippen LogP contribution in [0.1, 0.15) is 175 Å². The van der Waals surface area contributed by atoms with Gasteiger partial charge in [0, 0.05) is 6.42 Å². The van der Waals surface area contributed by atoms with E-state index in [0.717, 1.165) is 88.9 Å². The summed E-state index contributed by atoms with van der Waals surface area (Å²) in [4.78, 5) is 23.2. The van der Waals surface area contributed by atoms with Crippen molar-refractivity contribution in [2.24, 2.45) is 17.3 Å². The summed E-state index contributed by atoms with van der Waals surface area (Å²) in [6, 6.07) is 0. The first-order valence-electron chi connectivity index (χ1n) is 15.6. The van der Waals surface area contributed by atoms with Crippen LogP contribution in [-0.4, -0.2) is 22.2 Å². The summed E-state index contributed by atoms with van der Waals surface area (Å²) in [6.45, 7) is 9.14. The van der Waals surface area contributed by atoms with Crippen molar-refractivity contribution < 1.29 is 19.8 Å². The zero-order chi connectivity index (χ0) is 27.1. The van der Waals surface area contributed by atoms with Crippen LogP contribution in [0.4, 0.5) is 0 Å². The number of carbonyl (C=O) groups is 2. The lowest BCUT2D eigenvalue weighted by Gasteiger charge is -2.30. The Labute approximate surface area is 224 Å². The van der Waals surface area contributed by atoms with Crippen LogP contribution in [-0.2, 0) is 9.59 Å². The molecule has 0 saturated heterocycles. The third-order valence-corrected chi connectivity index (χ3v) is 7.87. The highest BCUT2D eigenvalue weighted by Gasteiger charge is 2.36. The predicted octanol–water partition coefficient (Wildman–Crippen LogP) is 10.4. The second-order valence-corrected chi connectivity index (χ2v) is 12.4. The van der Waals surface area contributed by atoms with E-state index >= 15 is 0 Å². The number of carboxylic acids is 2. The molecule has 4 heteroatoms. The molecule has 2 N–H and O–H groups in total. The molecule has 0 aliphatic rings. The second-order valence-electron chi connectivity index (χ2n) is 12.4. The van der Waals surface area contributed by atoms with Crippen LogP contribution in [0.3, 0.4) is 0 Å². The smallest absolute Gasteiger partial charge is 0.309 e. The average molecular weight is 511 g/mol. The summed E-state index contributed by atoms with van der Waals surface area (Å²) in [5, 5.41) is 19.1. The minimum absolute atomic E-state index is 0.244. The van der Waals surface area contributed by atoms with Crippen molar-refractivity contribution >= 4 is 11.9 Å². The SMILES string of the molecule is CC(C)CCCCCCCCC(CCCCCCCCC(C)C)(CCCCCCCC(=O)O)C(=O)O. The molecule has 0 rings (SSSR count). The van der Waals surface area contributed by atoms with Crippen molar-refractivity contribution in [3.8, 4) is 0 Å². The summed E-state index contributed by atoms with van der Waals surface area (Å²) in [6.07, 6.45) is 24.6. The van der Waals surface area contributed by atoms with Crippen molar-refractivity contribution in [2.45, 2.75) is 175 Å². The molecule has 0 fully saturated rings. The number of hydrogen-bond donors (Lipinski definition) is 2. The van der Waals surface area contributed by atoms with Gasteiger partial charge in [-0.2, -0.15) is 0 Å². The van der Waals surface area contributed by atoms with Crippen molar-refractivity contribution in [1.82, 2.24) is 0 Å². The normalized spacial score (nSPS) is 12.1. The van der Waals surface area contributed by atoms with E-state index in [0.29, 0.717) is 0 Å². The fourth-order valence-electron chi connectivity index (χ4n) is 5.41. The van der Waals surface area contributed by atoms with Crippen molar-refractivity contribution in [2.75, 3.05) is 0 Å². The molecule has 0 aliphatic carbocycles. The van der Waals surface area contributed by atoms with Crippen LogP contribution in [0.2, 0.25) is 0 Å². The van der Waals surface area contributed by atoms with Gasteiger partial charge in [-0.05, 0) is 37.5 Å². The molecule has 0 bridgehead atoms. The van der Waals surface area contributed by atoms with Gasteiger partial charge in [-0.25, -0.2) is 0 Å². The fraction of sp³-hybridized carbons (Fsp3) is 0.938. The maximum atomic E-state index is 12.5. The van der Waals surface area contributed by atoms with Crippen molar-refractivity contribution in [3.05, 3.63) is 0 Å². The quantitative estimate of drug-likeness (QED) is 0.108. The van der Waals surface area contributed by atoms with E-state index in [4.69, 9.17) is 5.11 Å². The summed E-state index contributed by atoms with van der Waals surface area (Å²) in [7, 11) is 0. The highest BCUT2D eigenvalue weighted by Crippen LogP contribution is 2.38. The fourth-order valence-corrected chi connectivity index (χ4v) is 5.41. The Bertz CT molecular complexity index is 502. The van der Waals surface area contributed by atoms with Gasteiger partial charge in [-0.1, -0.05) is 143 Å². The molecule has 0 unspecified atom stereocenters. The van der Waals surface area contributed by atoms with Crippen LogP contribution in [0.15, 0.2) is 0 Å². The summed E-state index contributed by atoms with van der Waals surface area (Å²) in [5.74, 6) is 0.277. The van der Waals surface area contributed by atoms with Gasteiger partial charge >= 0.3 is 11.9 Å². The van der Waals surface area contributed by atoms with Gasteiger partial charge in [0.1, 0.15) is 0 Å². The third kappa shape index (κ3) is 21.1. The highest BCUT2D eigenvalue weighted by atomic mass is 16.4. The number of aliphatic carboxylic acids is 2. The molecule has 0 aliphatic heterocycles. The van der Waals surface area contributed by atoms with Crippen LogP contribution in [0.5, 0.6) is 0 Å². The van der Waals surface area contributed by atoms with Crippen LogP contribution in [0, 0.1) is 17.3 Å². The monoisotopic (exact) mass is 510 g/mol. The Morgan fingerprint density at radius 1 is 0.500 bits per heavy atom. The predicted molar refractivity (Wildman–Crippen MR) is 154 cm³/mol. The largest absolute Gasteiger partial charge is 0.481 e. The standard InChI is InChI=1S/C32H62O4/c1-28(2)22-16-10-5-7-13-19-25-32(31(35)36,27-21-15-9-12-18-24-30(33)34)26-20-14-8-6-11-17-23-29(3)4/h28-29H,5-27H2,1-4H3,(H,33,34)(H,35,36). The Hall–Kier alpha value is -1.06. The van der Waals surface area contributed by atoms with E-state index in [9.17, 15) is 14.7 Å². The lowest BCUT2D eigenvalue weighted by atomic mass is 9.74. The number of hydrogen-bond acceptors (Lipinski definition) is 2. The molecule has 36 heavy (non-hydrogen) atoms. The molecule has 0 aromatic carbocycles. The van der Waals surface area contributed by atoms with Crippen LogP contribution in [0.25, 0.3) is 0 Å². The maximum absolute atomic E-state index is 12.5. The molecule has 214 valence electrons. The summed E-state index contributed by atoms with van der Waals surface area (Å²) >= 11 is 0. The van der Waals surface area contributed by atoms with Gasteiger partial charge in [-0.15, -0.1) is 0 Å². The van der Waals surface area contributed by atoms with Gasteiger partial charge in [0.15, 0.2) is 0 Å². The summed E-state index contributed by atoms with van der Waals surface area (Å²) < 4.78 is 0. The zero-order valence-corrected chi connectivity index (χ0v) is 24.6. The van der Waals surface area contributed by atoms with Gasteiger partial charge in [0.25, 0.3) is 0 Å².